The summed E-state index contributed by atoms with van der Waals surface area (Å²) >= 11 is 0. The summed E-state index contributed by atoms with van der Waals surface area (Å²) in [7, 11) is 3.10. The first-order chi connectivity index (χ1) is 14.1. The fourth-order valence-corrected chi connectivity index (χ4v) is 4.83. The van der Waals surface area contributed by atoms with Crippen LogP contribution in [0.15, 0.2) is 30.0 Å². The van der Waals surface area contributed by atoms with Crippen LogP contribution in [-0.2, 0) is 14.3 Å². The molecule has 2 fully saturated rings. The van der Waals surface area contributed by atoms with Gasteiger partial charge in [-0.1, -0.05) is 0 Å². The van der Waals surface area contributed by atoms with Gasteiger partial charge >= 0.3 is 0 Å². The molecule has 0 radical (unpaired) electrons. The Bertz CT molecular complexity index is 815. The normalized spacial score (nSPS) is 25.9. The standard InChI is InChI=1S/C22H28N2O5/c1-27-15-7-8-20(28-2)19(13-15)24-21(25)14-17(22(24)26)16-5-3-4-6-18(16)23-9-11-29-12-10-23/h6-8,13,16-17H,3-5,9-12,14H2,1-2H3/p+1/t16-,17-/m0/s1. The van der Waals surface area contributed by atoms with Crippen molar-refractivity contribution in [1.82, 2.24) is 0 Å². The molecule has 2 heterocycles. The quantitative estimate of drug-likeness (QED) is 0.751. The van der Waals surface area contributed by atoms with E-state index >= 15 is 0 Å². The van der Waals surface area contributed by atoms with Crippen molar-refractivity contribution in [2.45, 2.75) is 25.7 Å². The molecule has 29 heavy (non-hydrogen) atoms. The van der Waals surface area contributed by atoms with Crippen LogP contribution in [-0.4, -0.2) is 52.3 Å². The molecule has 0 bridgehead atoms. The second-order valence-electron chi connectivity index (χ2n) is 7.83. The van der Waals surface area contributed by atoms with E-state index in [0.717, 1.165) is 45.6 Å². The predicted molar refractivity (Wildman–Crippen MR) is 107 cm³/mol. The van der Waals surface area contributed by atoms with E-state index < -0.39 is 0 Å². The summed E-state index contributed by atoms with van der Waals surface area (Å²) in [4.78, 5) is 29.1. The van der Waals surface area contributed by atoms with E-state index in [0.29, 0.717) is 17.2 Å². The Morgan fingerprint density at radius 3 is 2.62 bits per heavy atom. The number of morpholine rings is 1. The molecule has 0 unspecified atom stereocenters. The average molecular weight is 401 g/mol. The molecular weight excluding hydrogens is 372 g/mol. The third-order valence-electron chi connectivity index (χ3n) is 6.28. The van der Waals surface area contributed by atoms with Gasteiger partial charge in [0.25, 0.3) is 0 Å². The minimum absolute atomic E-state index is 0.106. The number of nitrogens with zero attached hydrogens (tertiary/aromatic N) is 1. The second-order valence-corrected chi connectivity index (χ2v) is 7.83. The van der Waals surface area contributed by atoms with E-state index in [4.69, 9.17) is 14.2 Å². The molecule has 2 amide bonds. The Morgan fingerprint density at radius 1 is 1.10 bits per heavy atom. The van der Waals surface area contributed by atoms with Crippen molar-refractivity contribution in [3.8, 4) is 11.5 Å². The molecule has 0 aromatic heterocycles. The third-order valence-corrected chi connectivity index (χ3v) is 6.28. The topological polar surface area (TPSA) is 69.5 Å². The van der Waals surface area contributed by atoms with Crippen LogP contribution in [0.1, 0.15) is 25.7 Å². The van der Waals surface area contributed by atoms with Crippen LogP contribution in [0.5, 0.6) is 11.5 Å². The molecule has 2 saturated heterocycles. The SMILES string of the molecule is COc1ccc(OC)c(N2C(=O)C[C@@H]([C@@H]3CCCC=C3[NH+]3CCOCC3)C2=O)c1. The van der Waals surface area contributed by atoms with Crippen LogP contribution in [0.3, 0.4) is 0 Å². The van der Waals surface area contributed by atoms with Gasteiger partial charge in [0.2, 0.25) is 11.8 Å². The summed E-state index contributed by atoms with van der Waals surface area (Å²) in [6, 6.07) is 5.18. The maximum Gasteiger partial charge on any atom is 0.238 e. The lowest BCUT2D eigenvalue weighted by molar-refractivity contribution is -0.874. The molecule has 2 aliphatic heterocycles. The molecule has 0 spiro atoms. The molecule has 4 rings (SSSR count). The number of nitrogens with one attached hydrogen (secondary N) is 1. The molecule has 2 atom stereocenters. The highest BCUT2D eigenvalue weighted by atomic mass is 16.5. The molecule has 1 N–H and O–H groups in total. The van der Waals surface area contributed by atoms with Gasteiger partial charge < -0.3 is 19.1 Å². The Labute approximate surface area is 171 Å². The van der Waals surface area contributed by atoms with Crippen LogP contribution in [0, 0.1) is 11.8 Å². The number of amides is 2. The maximum absolute atomic E-state index is 13.5. The number of allylic oxidation sites excluding steroid dienone is 2. The Hall–Kier alpha value is -2.38. The highest BCUT2D eigenvalue weighted by Gasteiger charge is 2.48. The summed E-state index contributed by atoms with van der Waals surface area (Å²) in [6.07, 6.45) is 5.58. The fourth-order valence-electron chi connectivity index (χ4n) is 4.83. The summed E-state index contributed by atoms with van der Waals surface area (Å²) < 4.78 is 16.2. The van der Waals surface area contributed by atoms with Gasteiger partial charge in [-0.25, -0.2) is 4.90 Å². The van der Waals surface area contributed by atoms with Gasteiger partial charge in [0, 0.05) is 18.4 Å². The minimum Gasteiger partial charge on any atom is -0.497 e. The number of methoxy groups -OCH3 is 2. The Balaban J connectivity index is 1.62. The van der Waals surface area contributed by atoms with Crippen molar-refractivity contribution in [2.24, 2.45) is 11.8 Å². The van der Waals surface area contributed by atoms with Crippen molar-refractivity contribution in [2.75, 3.05) is 45.4 Å². The molecule has 156 valence electrons. The first-order valence-corrected chi connectivity index (χ1v) is 10.4. The van der Waals surface area contributed by atoms with Gasteiger partial charge in [-0.05, 0) is 37.5 Å². The number of benzene rings is 1. The number of carbonyl (C=O) groups is 2. The molecule has 7 heteroatoms. The zero-order valence-electron chi connectivity index (χ0n) is 17.1. The zero-order chi connectivity index (χ0) is 20.4. The number of hydrogen-bond donors (Lipinski definition) is 1. The van der Waals surface area contributed by atoms with E-state index in [1.807, 2.05) is 0 Å². The Kier molecular flexibility index (Phi) is 5.87. The molecular formula is C22H29N2O5+. The van der Waals surface area contributed by atoms with Crippen LogP contribution in [0.25, 0.3) is 0 Å². The number of imide groups is 1. The summed E-state index contributed by atoms with van der Waals surface area (Å²) in [5.74, 6) is 0.558. The summed E-state index contributed by atoms with van der Waals surface area (Å²) in [5, 5.41) is 0. The largest absolute Gasteiger partial charge is 0.497 e. The van der Waals surface area contributed by atoms with Gasteiger partial charge in [0.05, 0.1) is 39.0 Å². The predicted octanol–water partition coefficient (Wildman–Crippen LogP) is 1.18. The highest BCUT2D eigenvalue weighted by Crippen LogP contribution is 2.41. The van der Waals surface area contributed by atoms with Crippen molar-refractivity contribution in [3.05, 3.63) is 30.0 Å². The van der Waals surface area contributed by atoms with Crippen LogP contribution in [0.4, 0.5) is 5.69 Å². The van der Waals surface area contributed by atoms with Crippen molar-refractivity contribution < 1.29 is 28.7 Å². The molecule has 1 aliphatic carbocycles. The van der Waals surface area contributed by atoms with Crippen LogP contribution < -0.4 is 19.3 Å². The smallest absolute Gasteiger partial charge is 0.238 e. The Morgan fingerprint density at radius 2 is 1.90 bits per heavy atom. The fraction of sp³-hybridized carbons (Fsp3) is 0.545. The van der Waals surface area contributed by atoms with Crippen molar-refractivity contribution >= 4 is 17.5 Å². The first kappa shape index (κ1) is 19.9. The lowest BCUT2D eigenvalue weighted by Crippen LogP contribution is -3.13. The lowest BCUT2D eigenvalue weighted by Gasteiger charge is -2.34. The summed E-state index contributed by atoms with van der Waals surface area (Å²) in [5.41, 5.74) is 1.76. The molecule has 1 aromatic rings. The highest BCUT2D eigenvalue weighted by molar-refractivity contribution is 6.21. The number of anilines is 1. The van der Waals surface area contributed by atoms with Crippen LogP contribution in [0.2, 0.25) is 0 Å². The molecule has 0 saturated carbocycles. The molecule has 3 aliphatic rings. The second kappa shape index (κ2) is 8.55. The van der Waals surface area contributed by atoms with Crippen molar-refractivity contribution in [1.29, 1.82) is 0 Å². The number of ether oxygens (including phenoxy) is 3. The maximum atomic E-state index is 13.5. The van der Waals surface area contributed by atoms with Gasteiger partial charge in [-0.3, -0.25) is 9.59 Å². The minimum atomic E-state index is -0.319. The number of rotatable bonds is 5. The van der Waals surface area contributed by atoms with Gasteiger partial charge in [-0.2, -0.15) is 0 Å². The van der Waals surface area contributed by atoms with Crippen molar-refractivity contribution in [3.63, 3.8) is 0 Å². The number of hydrogen-bond acceptors (Lipinski definition) is 5. The van der Waals surface area contributed by atoms with E-state index in [9.17, 15) is 9.59 Å². The average Bonchev–Trinajstić information content (AvgIpc) is 3.07. The third kappa shape index (κ3) is 3.76. The monoisotopic (exact) mass is 401 g/mol. The van der Waals surface area contributed by atoms with E-state index in [-0.39, 0.29) is 30.1 Å². The zero-order valence-corrected chi connectivity index (χ0v) is 17.1. The van der Waals surface area contributed by atoms with E-state index in [2.05, 4.69) is 6.08 Å². The van der Waals surface area contributed by atoms with Gasteiger partial charge in [0.1, 0.15) is 30.3 Å². The molecule has 7 nitrogen and oxygen atoms in total. The number of quaternary nitrogens is 1. The van der Waals surface area contributed by atoms with E-state index in [1.165, 1.54) is 22.6 Å². The molecule has 1 aromatic carbocycles. The summed E-state index contributed by atoms with van der Waals surface area (Å²) in [6.45, 7) is 3.32. The number of carbonyl (C=O) groups excluding carboxylic acids is 2. The van der Waals surface area contributed by atoms with Gasteiger partial charge in [0.15, 0.2) is 0 Å². The first-order valence-electron chi connectivity index (χ1n) is 10.4. The van der Waals surface area contributed by atoms with Gasteiger partial charge in [-0.15, -0.1) is 0 Å². The lowest BCUT2D eigenvalue weighted by atomic mass is 9.80. The van der Waals surface area contributed by atoms with Crippen LogP contribution >= 0.6 is 0 Å². The van der Waals surface area contributed by atoms with E-state index in [1.54, 1.807) is 25.3 Å².